The summed E-state index contributed by atoms with van der Waals surface area (Å²) in [6.45, 7) is 0. The van der Waals surface area contributed by atoms with E-state index in [1.54, 1.807) is 0 Å². The Labute approximate surface area is 47.7 Å². The fourth-order valence-corrected chi connectivity index (χ4v) is 1.03. The zero-order valence-corrected chi connectivity index (χ0v) is 4.58. The molecule has 0 heterocycles. The second-order valence-electron chi connectivity index (χ2n) is 2.23. The fraction of sp³-hybridized carbons (Fsp3) is 1.00. The van der Waals surface area contributed by atoms with Gasteiger partial charge in [-0.05, 0) is 19.3 Å². The molecule has 0 aromatic rings. The van der Waals surface area contributed by atoms with Crippen LogP contribution in [0.25, 0.3) is 0 Å². The molecule has 46 valence electrons. The highest BCUT2D eigenvalue weighted by molar-refractivity contribution is 4.78. The van der Waals surface area contributed by atoms with Gasteiger partial charge in [0.15, 0.2) is 0 Å². The van der Waals surface area contributed by atoms with E-state index in [4.69, 9.17) is 5.11 Å². The van der Waals surface area contributed by atoms with Gasteiger partial charge in [0, 0.05) is 0 Å². The number of aliphatic hydroxyl groups excluding tert-OH is 1. The molecule has 0 radical (unpaired) electrons. The van der Waals surface area contributed by atoms with Crippen molar-refractivity contribution in [3.05, 3.63) is 4.91 Å². The van der Waals surface area contributed by atoms with Gasteiger partial charge in [-0.2, -0.15) is 4.91 Å². The summed E-state index contributed by atoms with van der Waals surface area (Å²) < 4.78 is 0. The number of nitroso groups, excluding NO2 is 1. The molecular weight excluding hydrogens is 106 g/mol. The number of hydrogen-bond acceptors (Lipinski definition) is 3. The summed E-state index contributed by atoms with van der Waals surface area (Å²) in [5, 5.41) is 11.7. The molecule has 0 aliphatic heterocycles. The Morgan fingerprint density at radius 2 is 2.25 bits per heavy atom. The van der Waals surface area contributed by atoms with Gasteiger partial charge in [0.1, 0.15) is 0 Å². The van der Waals surface area contributed by atoms with Gasteiger partial charge in [-0.3, -0.25) is 0 Å². The fourth-order valence-electron chi connectivity index (χ4n) is 1.03. The summed E-state index contributed by atoms with van der Waals surface area (Å²) in [5.74, 6) is 0. The molecule has 8 heavy (non-hydrogen) atoms. The summed E-state index contributed by atoms with van der Waals surface area (Å²) in [7, 11) is 0. The highest BCUT2D eigenvalue weighted by Gasteiger charge is 2.22. The Balaban J connectivity index is 2.32. The van der Waals surface area contributed by atoms with Gasteiger partial charge in [-0.15, -0.1) is 0 Å². The van der Waals surface area contributed by atoms with E-state index >= 15 is 0 Å². The predicted octanol–water partition coefficient (Wildman–Crippen LogP) is 0.666. The lowest BCUT2D eigenvalue weighted by atomic mass is 10.3. The summed E-state index contributed by atoms with van der Waals surface area (Å²) in [6.07, 6.45) is 1.82. The van der Waals surface area contributed by atoms with Crippen LogP contribution in [0.2, 0.25) is 0 Å². The van der Waals surface area contributed by atoms with Crippen molar-refractivity contribution in [3.63, 3.8) is 0 Å². The third-order valence-corrected chi connectivity index (χ3v) is 1.53. The normalized spacial score (nSPS) is 37.6. The molecule has 0 amide bonds. The van der Waals surface area contributed by atoms with E-state index in [1.165, 1.54) is 0 Å². The lowest BCUT2D eigenvalue weighted by Crippen LogP contribution is -2.00. The maximum absolute atomic E-state index is 9.79. The van der Waals surface area contributed by atoms with Gasteiger partial charge < -0.3 is 5.11 Å². The van der Waals surface area contributed by atoms with Crippen LogP contribution >= 0.6 is 0 Å². The summed E-state index contributed by atoms with van der Waals surface area (Å²) in [4.78, 5) is 9.79. The van der Waals surface area contributed by atoms with Crippen molar-refractivity contribution >= 4 is 0 Å². The highest BCUT2D eigenvalue weighted by atomic mass is 16.3. The van der Waals surface area contributed by atoms with E-state index in [0.29, 0.717) is 6.42 Å². The predicted molar refractivity (Wildman–Crippen MR) is 29.4 cm³/mol. The van der Waals surface area contributed by atoms with Gasteiger partial charge in [-0.25, -0.2) is 0 Å². The first-order valence-corrected chi connectivity index (χ1v) is 2.83. The molecule has 1 saturated carbocycles. The first kappa shape index (κ1) is 5.69. The quantitative estimate of drug-likeness (QED) is 0.510. The lowest BCUT2D eigenvalue weighted by Gasteiger charge is -1.94. The Hall–Kier alpha value is -0.440. The SMILES string of the molecule is O=N[C@@H]1CC[C@H](O)C1. The van der Waals surface area contributed by atoms with Gasteiger partial charge >= 0.3 is 0 Å². The summed E-state index contributed by atoms with van der Waals surface area (Å²) in [6, 6.07) is -0.106. The second-order valence-corrected chi connectivity index (χ2v) is 2.23. The van der Waals surface area contributed by atoms with E-state index in [0.717, 1.165) is 12.8 Å². The molecule has 3 heteroatoms. The molecule has 1 N–H and O–H groups in total. The maximum atomic E-state index is 9.79. The molecule has 0 saturated heterocycles. The molecule has 3 nitrogen and oxygen atoms in total. The van der Waals surface area contributed by atoms with Crippen molar-refractivity contribution in [2.45, 2.75) is 31.4 Å². The van der Waals surface area contributed by atoms with Crippen LogP contribution in [-0.2, 0) is 0 Å². The average molecular weight is 115 g/mol. The second kappa shape index (κ2) is 2.22. The monoisotopic (exact) mass is 115 g/mol. The number of hydrogen-bond donors (Lipinski definition) is 1. The standard InChI is InChI=1S/C5H9NO2/c7-5-2-1-4(3-5)6-8/h4-5,7H,1-3H2/t4-,5+/m1/s1. The summed E-state index contributed by atoms with van der Waals surface area (Å²) in [5.41, 5.74) is 0. The van der Waals surface area contributed by atoms with E-state index in [9.17, 15) is 4.91 Å². The zero-order valence-electron chi connectivity index (χ0n) is 4.58. The Bertz CT molecular complexity index is 94.4. The zero-order chi connectivity index (χ0) is 5.98. The van der Waals surface area contributed by atoms with Crippen LogP contribution in [0.3, 0.4) is 0 Å². The van der Waals surface area contributed by atoms with E-state index in [1.807, 2.05) is 0 Å². The molecule has 0 aromatic heterocycles. The molecule has 2 atom stereocenters. The minimum Gasteiger partial charge on any atom is -0.393 e. The molecule has 1 aliphatic rings. The maximum Gasteiger partial charge on any atom is 0.0945 e. The van der Waals surface area contributed by atoms with Gasteiger partial charge in [0.2, 0.25) is 0 Å². The number of aliphatic hydroxyl groups is 1. The third-order valence-electron chi connectivity index (χ3n) is 1.53. The van der Waals surface area contributed by atoms with Crippen molar-refractivity contribution in [2.75, 3.05) is 0 Å². The van der Waals surface area contributed by atoms with Crippen molar-refractivity contribution in [3.8, 4) is 0 Å². The Kier molecular flexibility index (Phi) is 1.58. The van der Waals surface area contributed by atoms with Crippen LogP contribution in [0.5, 0.6) is 0 Å². The van der Waals surface area contributed by atoms with Crippen LogP contribution in [0, 0.1) is 4.91 Å². The van der Waals surface area contributed by atoms with Crippen LogP contribution < -0.4 is 0 Å². The number of rotatable bonds is 1. The first-order valence-electron chi connectivity index (χ1n) is 2.83. The van der Waals surface area contributed by atoms with Crippen molar-refractivity contribution < 1.29 is 5.11 Å². The Morgan fingerprint density at radius 1 is 1.50 bits per heavy atom. The molecule has 0 unspecified atom stereocenters. The molecule has 1 fully saturated rings. The van der Waals surface area contributed by atoms with Crippen LogP contribution in [0.4, 0.5) is 0 Å². The average Bonchev–Trinajstić information content (AvgIpc) is 2.14. The lowest BCUT2D eigenvalue weighted by molar-refractivity contribution is 0.181. The Morgan fingerprint density at radius 3 is 2.50 bits per heavy atom. The van der Waals surface area contributed by atoms with E-state index in [-0.39, 0.29) is 12.1 Å². The molecular formula is C5H9NO2. The molecule has 0 spiro atoms. The van der Waals surface area contributed by atoms with Crippen LogP contribution in [0.1, 0.15) is 19.3 Å². The summed E-state index contributed by atoms with van der Waals surface area (Å²) >= 11 is 0. The minimum absolute atomic E-state index is 0.106. The molecule has 1 rings (SSSR count). The molecule has 0 bridgehead atoms. The first-order chi connectivity index (χ1) is 3.83. The van der Waals surface area contributed by atoms with Gasteiger partial charge in [-0.1, -0.05) is 5.18 Å². The van der Waals surface area contributed by atoms with Gasteiger partial charge in [0.25, 0.3) is 0 Å². The molecule has 0 aromatic carbocycles. The largest absolute Gasteiger partial charge is 0.393 e. The molecule has 1 aliphatic carbocycles. The van der Waals surface area contributed by atoms with Crippen molar-refractivity contribution in [1.82, 2.24) is 0 Å². The highest BCUT2D eigenvalue weighted by Crippen LogP contribution is 2.20. The van der Waals surface area contributed by atoms with E-state index in [2.05, 4.69) is 5.18 Å². The van der Waals surface area contributed by atoms with Crippen molar-refractivity contribution in [1.29, 1.82) is 0 Å². The van der Waals surface area contributed by atoms with Crippen LogP contribution in [-0.4, -0.2) is 17.3 Å². The topological polar surface area (TPSA) is 49.7 Å². The minimum atomic E-state index is -0.266. The number of nitrogens with zero attached hydrogens (tertiary/aromatic N) is 1. The van der Waals surface area contributed by atoms with Crippen LogP contribution in [0.15, 0.2) is 5.18 Å². The smallest absolute Gasteiger partial charge is 0.0945 e. The third kappa shape index (κ3) is 1.04. The van der Waals surface area contributed by atoms with E-state index < -0.39 is 0 Å². The van der Waals surface area contributed by atoms with Crippen molar-refractivity contribution in [2.24, 2.45) is 5.18 Å². The van der Waals surface area contributed by atoms with Gasteiger partial charge in [0.05, 0.1) is 12.1 Å².